The molecule has 0 radical (unpaired) electrons. The van der Waals surface area contributed by atoms with E-state index in [1.165, 1.54) is 18.9 Å². The van der Waals surface area contributed by atoms with Crippen molar-refractivity contribution < 1.29 is 9.90 Å². The van der Waals surface area contributed by atoms with E-state index in [4.69, 9.17) is 0 Å². The number of allylic oxidation sites excluding steroid dienone is 13. The van der Waals surface area contributed by atoms with E-state index < -0.39 is 5.60 Å². The highest BCUT2D eigenvalue weighted by Gasteiger charge is 2.24. The smallest absolute Gasteiger partial charge is 0.244 e. The number of hydrogen-bond acceptors (Lipinski definition) is 2. The molecule has 1 unspecified atom stereocenters. The predicted octanol–water partition coefficient (Wildman–Crippen LogP) is 6.91. The molecule has 1 atom stereocenters. The number of rotatable bonds is 17. The van der Waals surface area contributed by atoms with E-state index in [2.05, 4.69) is 30.5 Å². The third kappa shape index (κ3) is 19.3. The molecule has 0 aromatic carbocycles. The minimum atomic E-state index is -0.802. The van der Waals surface area contributed by atoms with Crippen LogP contribution in [0.15, 0.2) is 85.1 Å². The van der Waals surface area contributed by atoms with Gasteiger partial charge in [-0.3, -0.25) is 4.79 Å². The molecule has 31 heavy (non-hydrogen) atoms. The number of aliphatic hydroxyl groups is 1. The van der Waals surface area contributed by atoms with Crippen LogP contribution < -0.4 is 5.32 Å². The summed E-state index contributed by atoms with van der Waals surface area (Å²) in [6.45, 7) is 6.44. The highest BCUT2D eigenvalue weighted by molar-refractivity contribution is 5.87. The molecule has 0 aromatic heterocycles. The van der Waals surface area contributed by atoms with Crippen molar-refractivity contribution in [3.63, 3.8) is 0 Å². The van der Waals surface area contributed by atoms with Gasteiger partial charge in [0.25, 0.3) is 0 Å². The van der Waals surface area contributed by atoms with Crippen molar-refractivity contribution in [2.75, 3.05) is 6.54 Å². The fourth-order valence-corrected chi connectivity index (χ4v) is 2.76. The summed E-state index contributed by atoms with van der Waals surface area (Å²) in [5.41, 5.74) is -0.802. The van der Waals surface area contributed by atoms with Gasteiger partial charge >= 0.3 is 0 Å². The number of nitrogens with one attached hydrogen (secondary N) is 1. The third-order valence-electron chi connectivity index (χ3n) is 4.85. The zero-order chi connectivity index (χ0) is 23.0. The first-order chi connectivity index (χ1) is 15.1. The molecule has 2 N–H and O–H groups in total. The zero-order valence-corrected chi connectivity index (χ0v) is 19.8. The normalized spacial score (nSPS) is 15.1. The van der Waals surface area contributed by atoms with Crippen LogP contribution in [0.3, 0.4) is 0 Å². The predicted molar refractivity (Wildman–Crippen MR) is 136 cm³/mol. The average Bonchev–Trinajstić information content (AvgIpc) is 2.78. The summed E-state index contributed by atoms with van der Waals surface area (Å²) < 4.78 is 0. The molecule has 0 aromatic rings. The Balaban J connectivity index is 4.02. The number of hydrogen-bond donors (Lipinski definition) is 2. The Kier molecular flexibility index (Phi) is 19.3. The lowest BCUT2D eigenvalue weighted by Crippen LogP contribution is -2.42. The standard InChI is InChI=1S/C28H43NO2/c1-4-7-9-11-12-13-14-15-16-17-18-19-20-21-22-24-27(30)29-26-28(31,6-3)25-23-10-8-5-2/h4,7,9,11-15,18-22,24,31H,5-6,8,10,16-17,23,25-26H2,1-3H3,(H,29,30). The lowest BCUT2D eigenvalue weighted by molar-refractivity contribution is -0.117. The lowest BCUT2D eigenvalue weighted by Gasteiger charge is -2.26. The fraction of sp³-hybridized carbons (Fsp3) is 0.464. The highest BCUT2D eigenvalue weighted by Crippen LogP contribution is 2.18. The number of unbranched alkanes of at least 4 members (excludes halogenated alkanes) is 4. The molecular formula is C28H43NO2. The van der Waals surface area contributed by atoms with E-state index in [0.29, 0.717) is 13.0 Å². The van der Waals surface area contributed by atoms with Crippen molar-refractivity contribution >= 4 is 5.91 Å². The van der Waals surface area contributed by atoms with E-state index in [0.717, 1.165) is 32.1 Å². The van der Waals surface area contributed by atoms with Crippen LogP contribution in [-0.4, -0.2) is 23.2 Å². The van der Waals surface area contributed by atoms with E-state index in [-0.39, 0.29) is 5.91 Å². The molecule has 0 heterocycles. The molecule has 3 heteroatoms. The maximum atomic E-state index is 11.9. The van der Waals surface area contributed by atoms with Crippen molar-refractivity contribution in [3.05, 3.63) is 85.1 Å². The van der Waals surface area contributed by atoms with Gasteiger partial charge in [0.05, 0.1) is 5.60 Å². The molecule has 1 amide bonds. The molecule has 0 saturated carbocycles. The number of carbonyl (C=O) groups is 1. The maximum absolute atomic E-state index is 11.9. The Morgan fingerprint density at radius 2 is 1.39 bits per heavy atom. The van der Waals surface area contributed by atoms with Gasteiger partial charge in [-0.1, -0.05) is 119 Å². The first kappa shape index (κ1) is 28.6. The van der Waals surface area contributed by atoms with Crippen LogP contribution in [-0.2, 0) is 4.79 Å². The molecule has 0 aliphatic rings. The molecule has 0 aliphatic carbocycles. The van der Waals surface area contributed by atoms with Crippen LogP contribution in [0.1, 0.15) is 72.1 Å². The summed E-state index contributed by atoms with van der Waals surface area (Å²) >= 11 is 0. The van der Waals surface area contributed by atoms with Crippen molar-refractivity contribution in [2.24, 2.45) is 0 Å². The van der Waals surface area contributed by atoms with Crippen LogP contribution in [0.4, 0.5) is 0 Å². The molecule has 0 saturated heterocycles. The van der Waals surface area contributed by atoms with Gasteiger partial charge < -0.3 is 10.4 Å². The van der Waals surface area contributed by atoms with Crippen molar-refractivity contribution in [3.8, 4) is 0 Å². The van der Waals surface area contributed by atoms with Crippen LogP contribution in [0, 0.1) is 0 Å². The quantitative estimate of drug-likeness (QED) is 0.151. The summed E-state index contributed by atoms with van der Waals surface area (Å²) in [7, 11) is 0. The Labute approximate surface area is 190 Å². The minimum absolute atomic E-state index is 0.173. The van der Waals surface area contributed by atoms with Crippen LogP contribution in [0.5, 0.6) is 0 Å². The van der Waals surface area contributed by atoms with Gasteiger partial charge in [0, 0.05) is 12.6 Å². The zero-order valence-electron chi connectivity index (χ0n) is 19.8. The second-order valence-corrected chi connectivity index (χ2v) is 7.58. The number of carbonyl (C=O) groups excluding carboxylic acids is 1. The van der Waals surface area contributed by atoms with E-state index in [9.17, 15) is 9.90 Å². The second kappa shape index (κ2) is 20.9. The first-order valence-corrected chi connectivity index (χ1v) is 11.7. The molecule has 0 rings (SSSR count). The van der Waals surface area contributed by atoms with Gasteiger partial charge in [-0.2, -0.15) is 0 Å². The Morgan fingerprint density at radius 1 is 0.806 bits per heavy atom. The second-order valence-electron chi connectivity index (χ2n) is 7.58. The van der Waals surface area contributed by atoms with E-state index in [1.807, 2.05) is 68.5 Å². The Bertz CT molecular complexity index is 650. The molecular weight excluding hydrogens is 382 g/mol. The van der Waals surface area contributed by atoms with Crippen LogP contribution >= 0.6 is 0 Å². The van der Waals surface area contributed by atoms with Crippen LogP contribution in [0.2, 0.25) is 0 Å². The van der Waals surface area contributed by atoms with Gasteiger partial charge in [0.2, 0.25) is 5.91 Å². The van der Waals surface area contributed by atoms with Gasteiger partial charge in [-0.15, -0.1) is 0 Å². The average molecular weight is 426 g/mol. The number of amides is 1. The first-order valence-electron chi connectivity index (χ1n) is 11.7. The van der Waals surface area contributed by atoms with Gasteiger partial charge in [0.15, 0.2) is 0 Å². The van der Waals surface area contributed by atoms with Crippen molar-refractivity contribution in [1.82, 2.24) is 5.32 Å². The molecule has 0 fully saturated rings. The Morgan fingerprint density at radius 3 is 1.97 bits per heavy atom. The molecule has 0 bridgehead atoms. The summed E-state index contributed by atoms with van der Waals surface area (Å²) in [6, 6.07) is 0. The maximum Gasteiger partial charge on any atom is 0.244 e. The topological polar surface area (TPSA) is 49.3 Å². The lowest BCUT2D eigenvalue weighted by atomic mass is 9.93. The summed E-state index contributed by atoms with van der Waals surface area (Å²) in [4.78, 5) is 11.9. The van der Waals surface area contributed by atoms with Crippen LogP contribution in [0.25, 0.3) is 0 Å². The summed E-state index contributed by atoms with van der Waals surface area (Å²) in [5.74, 6) is -0.173. The SMILES string of the molecule is CC=CC=CC=CC=CCCC=CC=CC=CC(=O)NCC(O)(CC)CCCCCC. The van der Waals surface area contributed by atoms with Crippen molar-refractivity contribution in [2.45, 2.75) is 77.7 Å². The minimum Gasteiger partial charge on any atom is -0.388 e. The third-order valence-corrected chi connectivity index (χ3v) is 4.85. The van der Waals surface area contributed by atoms with Gasteiger partial charge in [0.1, 0.15) is 0 Å². The van der Waals surface area contributed by atoms with Crippen molar-refractivity contribution in [1.29, 1.82) is 0 Å². The molecule has 0 aliphatic heterocycles. The highest BCUT2D eigenvalue weighted by atomic mass is 16.3. The summed E-state index contributed by atoms with van der Waals surface area (Å²) in [6.07, 6.45) is 35.1. The monoisotopic (exact) mass is 425 g/mol. The molecule has 172 valence electrons. The van der Waals surface area contributed by atoms with Gasteiger partial charge in [-0.25, -0.2) is 0 Å². The Hall–Kier alpha value is -2.39. The molecule has 0 spiro atoms. The fourth-order valence-electron chi connectivity index (χ4n) is 2.76. The van der Waals surface area contributed by atoms with E-state index >= 15 is 0 Å². The van der Waals surface area contributed by atoms with Gasteiger partial charge in [-0.05, 0) is 32.6 Å². The summed E-state index contributed by atoms with van der Waals surface area (Å²) in [5, 5.41) is 13.4. The molecule has 3 nitrogen and oxygen atoms in total. The largest absolute Gasteiger partial charge is 0.388 e. The van der Waals surface area contributed by atoms with E-state index in [1.54, 1.807) is 6.08 Å².